The van der Waals surface area contributed by atoms with Crippen LogP contribution in [0.1, 0.15) is 29.0 Å². The maximum Gasteiger partial charge on any atom is 0.270 e. The van der Waals surface area contributed by atoms with Crippen molar-refractivity contribution >= 4 is 11.9 Å². The van der Waals surface area contributed by atoms with Crippen LogP contribution in [0.4, 0.5) is 5.95 Å². The Labute approximate surface area is 101 Å². The van der Waals surface area contributed by atoms with E-state index in [0.29, 0.717) is 24.5 Å². The van der Waals surface area contributed by atoms with Gasteiger partial charge in [-0.3, -0.25) is 4.79 Å². The highest BCUT2D eigenvalue weighted by Gasteiger charge is 2.08. The normalized spacial score (nSPS) is 10.2. The number of aryl methyl sites for hydroxylation is 1. The van der Waals surface area contributed by atoms with Crippen molar-refractivity contribution in [2.24, 2.45) is 0 Å². The quantitative estimate of drug-likeness (QED) is 0.705. The van der Waals surface area contributed by atoms with Gasteiger partial charge in [0.2, 0.25) is 5.95 Å². The number of unbranched alkanes of at least 4 members (excludes halogenated alkanes) is 1. The third-order valence-corrected chi connectivity index (χ3v) is 2.16. The minimum Gasteiger partial charge on any atom is -0.385 e. The van der Waals surface area contributed by atoms with Crippen molar-refractivity contribution in [1.82, 2.24) is 15.3 Å². The summed E-state index contributed by atoms with van der Waals surface area (Å²) in [5.41, 5.74) is 6.46. The van der Waals surface area contributed by atoms with Gasteiger partial charge in [-0.25, -0.2) is 9.97 Å². The van der Waals surface area contributed by atoms with E-state index in [0.717, 1.165) is 12.8 Å². The van der Waals surface area contributed by atoms with E-state index in [4.69, 9.17) is 10.5 Å². The molecule has 0 saturated carbocycles. The second kappa shape index (κ2) is 6.80. The van der Waals surface area contributed by atoms with Crippen molar-refractivity contribution in [2.45, 2.75) is 19.8 Å². The van der Waals surface area contributed by atoms with Crippen LogP contribution in [0.15, 0.2) is 6.07 Å². The average molecular weight is 238 g/mol. The lowest BCUT2D eigenvalue weighted by Crippen LogP contribution is -2.26. The number of nitrogen functional groups attached to an aromatic ring is 1. The number of hydrogen-bond acceptors (Lipinski definition) is 5. The SMILES string of the molecule is COCCCCNC(=O)c1cc(C)nc(N)n1. The molecule has 0 aliphatic rings. The second-order valence-corrected chi connectivity index (χ2v) is 3.71. The zero-order chi connectivity index (χ0) is 12.7. The fourth-order valence-electron chi connectivity index (χ4n) is 1.37. The average Bonchev–Trinajstić information content (AvgIpc) is 2.27. The van der Waals surface area contributed by atoms with Gasteiger partial charge in [0.05, 0.1) is 0 Å². The molecule has 0 aliphatic heterocycles. The van der Waals surface area contributed by atoms with Crippen molar-refractivity contribution in [3.05, 3.63) is 17.5 Å². The predicted molar refractivity (Wildman–Crippen MR) is 64.6 cm³/mol. The highest BCUT2D eigenvalue weighted by Crippen LogP contribution is 2.01. The lowest BCUT2D eigenvalue weighted by molar-refractivity contribution is 0.0946. The van der Waals surface area contributed by atoms with Gasteiger partial charge in [0.1, 0.15) is 5.69 Å². The summed E-state index contributed by atoms with van der Waals surface area (Å²) in [5, 5.41) is 2.77. The number of amides is 1. The van der Waals surface area contributed by atoms with E-state index in [1.807, 2.05) is 0 Å². The van der Waals surface area contributed by atoms with Crippen molar-refractivity contribution in [3.63, 3.8) is 0 Å². The minimum atomic E-state index is -0.223. The molecule has 1 heterocycles. The Bertz CT molecular complexity index is 361. The number of aromatic nitrogens is 2. The largest absolute Gasteiger partial charge is 0.385 e. The van der Waals surface area contributed by atoms with Crippen molar-refractivity contribution in [2.75, 3.05) is 26.0 Å². The molecule has 1 aromatic rings. The molecule has 1 amide bonds. The van der Waals surface area contributed by atoms with Gasteiger partial charge in [-0.1, -0.05) is 0 Å². The smallest absolute Gasteiger partial charge is 0.270 e. The summed E-state index contributed by atoms with van der Waals surface area (Å²) in [6.45, 7) is 3.08. The molecule has 0 saturated heterocycles. The van der Waals surface area contributed by atoms with E-state index in [1.165, 1.54) is 0 Å². The number of nitrogens with two attached hydrogens (primary N) is 1. The third kappa shape index (κ3) is 4.78. The fourth-order valence-corrected chi connectivity index (χ4v) is 1.37. The summed E-state index contributed by atoms with van der Waals surface area (Å²) in [4.78, 5) is 19.5. The molecule has 0 bridgehead atoms. The van der Waals surface area contributed by atoms with Gasteiger partial charge in [-0.15, -0.1) is 0 Å². The molecule has 0 radical (unpaired) electrons. The lowest BCUT2D eigenvalue weighted by Gasteiger charge is -2.05. The Morgan fingerprint density at radius 2 is 2.24 bits per heavy atom. The molecule has 0 aromatic carbocycles. The topological polar surface area (TPSA) is 90.1 Å². The molecule has 0 unspecified atom stereocenters. The second-order valence-electron chi connectivity index (χ2n) is 3.71. The number of carbonyl (C=O) groups excluding carboxylic acids is 1. The Balaban J connectivity index is 2.41. The van der Waals surface area contributed by atoms with Crippen molar-refractivity contribution in [3.8, 4) is 0 Å². The fraction of sp³-hybridized carbons (Fsp3) is 0.545. The molecule has 0 aliphatic carbocycles. The van der Waals surface area contributed by atoms with E-state index in [9.17, 15) is 4.79 Å². The van der Waals surface area contributed by atoms with Gasteiger partial charge in [0.15, 0.2) is 0 Å². The van der Waals surface area contributed by atoms with E-state index >= 15 is 0 Å². The maximum absolute atomic E-state index is 11.7. The van der Waals surface area contributed by atoms with Crippen LogP contribution in [0.25, 0.3) is 0 Å². The molecule has 94 valence electrons. The number of nitrogens with one attached hydrogen (secondary N) is 1. The molecule has 17 heavy (non-hydrogen) atoms. The zero-order valence-corrected chi connectivity index (χ0v) is 10.2. The van der Waals surface area contributed by atoms with E-state index in [1.54, 1.807) is 20.1 Å². The van der Waals surface area contributed by atoms with Gasteiger partial charge in [0, 0.05) is 26.0 Å². The van der Waals surface area contributed by atoms with Crippen LogP contribution >= 0.6 is 0 Å². The van der Waals surface area contributed by atoms with Crippen molar-refractivity contribution < 1.29 is 9.53 Å². The molecule has 0 atom stereocenters. The molecule has 1 rings (SSSR count). The molecular formula is C11H18N4O2. The lowest BCUT2D eigenvalue weighted by atomic mass is 10.3. The summed E-state index contributed by atoms with van der Waals surface area (Å²) in [6, 6.07) is 1.61. The number of anilines is 1. The minimum absolute atomic E-state index is 0.120. The summed E-state index contributed by atoms with van der Waals surface area (Å²) >= 11 is 0. The first-order valence-electron chi connectivity index (χ1n) is 5.52. The van der Waals surface area contributed by atoms with Crippen LogP contribution in [0.2, 0.25) is 0 Å². The Hall–Kier alpha value is -1.69. The Morgan fingerprint density at radius 3 is 2.88 bits per heavy atom. The summed E-state index contributed by atoms with van der Waals surface area (Å²) in [7, 11) is 1.66. The molecule has 1 aromatic heterocycles. The summed E-state index contributed by atoms with van der Waals surface area (Å²) < 4.78 is 4.92. The van der Waals surface area contributed by atoms with E-state index in [-0.39, 0.29) is 11.9 Å². The summed E-state index contributed by atoms with van der Waals surface area (Å²) in [6.07, 6.45) is 1.79. The molecule has 0 spiro atoms. The standard InChI is InChI=1S/C11H18N4O2/c1-8-7-9(15-11(12)14-8)10(16)13-5-3-4-6-17-2/h7H,3-6H2,1-2H3,(H,13,16)(H2,12,14,15). The predicted octanol–water partition coefficient (Wildman–Crippen LogP) is 0.524. The summed E-state index contributed by atoms with van der Waals surface area (Å²) in [5.74, 6) is -0.103. The van der Waals surface area contributed by atoms with Gasteiger partial charge in [0.25, 0.3) is 5.91 Å². The number of nitrogens with zero attached hydrogens (tertiary/aromatic N) is 2. The molecular weight excluding hydrogens is 220 g/mol. The highest BCUT2D eigenvalue weighted by atomic mass is 16.5. The first kappa shape index (κ1) is 13.4. The first-order valence-corrected chi connectivity index (χ1v) is 5.52. The van der Waals surface area contributed by atoms with E-state index in [2.05, 4.69) is 15.3 Å². The molecule has 3 N–H and O–H groups in total. The first-order chi connectivity index (χ1) is 8.13. The van der Waals surface area contributed by atoms with Crippen LogP contribution in [0.5, 0.6) is 0 Å². The van der Waals surface area contributed by atoms with Crippen LogP contribution < -0.4 is 11.1 Å². The third-order valence-electron chi connectivity index (χ3n) is 2.16. The number of rotatable bonds is 6. The van der Waals surface area contributed by atoms with Crippen molar-refractivity contribution in [1.29, 1.82) is 0 Å². The Morgan fingerprint density at radius 1 is 1.47 bits per heavy atom. The van der Waals surface area contributed by atoms with Gasteiger partial charge < -0.3 is 15.8 Å². The maximum atomic E-state index is 11.7. The van der Waals surface area contributed by atoms with Gasteiger partial charge in [-0.05, 0) is 25.8 Å². The number of carbonyl (C=O) groups is 1. The number of ether oxygens (including phenoxy) is 1. The zero-order valence-electron chi connectivity index (χ0n) is 10.2. The number of methoxy groups -OCH3 is 1. The van der Waals surface area contributed by atoms with Gasteiger partial charge in [-0.2, -0.15) is 0 Å². The molecule has 6 nitrogen and oxygen atoms in total. The van der Waals surface area contributed by atoms with E-state index < -0.39 is 0 Å². The van der Waals surface area contributed by atoms with Gasteiger partial charge >= 0.3 is 0 Å². The van der Waals surface area contributed by atoms with Crippen LogP contribution in [0, 0.1) is 6.92 Å². The monoisotopic (exact) mass is 238 g/mol. The van der Waals surface area contributed by atoms with Crippen LogP contribution in [-0.4, -0.2) is 36.1 Å². The molecule has 0 fully saturated rings. The van der Waals surface area contributed by atoms with Crippen LogP contribution in [-0.2, 0) is 4.74 Å². The Kier molecular flexibility index (Phi) is 5.35. The highest BCUT2D eigenvalue weighted by molar-refractivity contribution is 5.92. The van der Waals surface area contributed by atoms with Crippen LogP contribution in [0.3, 0.4) is 0 Å². The molecule has 6 heteroatoms. The number of hydrogen-bond donors (Lipinski definition) is 2.